The summed E-state index contributed by atoms with van der Waals surface area (Å²) in [6.07, 6.45) is 4.22. The number of ether oxygens (including phenoxy) is 2. The van der Waals surface area contributed by atoms with Gasteiger partial charge in [-0.1, -0.05) is 30.9 Å². The Hall–Kier alpha value is -1.32. The van der Waals surface area contributed by atoms with Gasteiger partial charge in [0.1, 0.15) is 12.4 Å². The molecule has 1 saturated heterocycles. The third-order valence-electron chi connectivity index (χ3n) is 4.67. The number of guanidine groups is 1. The first-order chi connectivity index (χ1) is 13.3. The zero-order valence-corrected chi connectivity index (χ0v) is 19.5. The molecule has 7 heteroatoms. The van der Waals surface area contributed by atoms with Crippen LogP contribution >= 0.6 is 24.0 Å². The van der Waals surface area contributed by atoms with Gasteiger partial charge in [-0.05, 0) is 32.4 Å². The molecule has 1 aromatic carbocycles. The molecule has 0 radical (unpaired) electrons. The molecular weight excluding hydrogens is 467 g/mol. The molecule has 0 spiro atoms. The largest absolute Gasteiger partial charge is 0.489 e. The van der Waals surface area contributed by atoms with E-state index in [0.717, 1.165) is 50.1 Å². The molecule has 1 unspecified atom stereocenters. The number of para-hydroxylation sites is 1. The van der Waals surface area contributed by atoms with Crippen LogP contribution in [-0.4, -0.2) is 63.4 Å². The first kappa shape index (κ1) is 24.7. The standard InChI is InChI=1S/C21H34N4O2.HI/c1-4-14-27-20-11-7-6-9-18(20)16-23-21(22-5-2)24-17-19-10-8-12-25(19)13-15-26-3;/h4,6-7,9,11,19H,1,5,8,10,12-17H2,2-3H3,(H2,22,23,24);1H. The van der Waals surface area contributed by atoms with Gasteiger partial charge < -0.3 is 20.1 Å². The lowest BCUT2D eigenvalue weighted by Gasteiger charge is -2.25. The Labute approximate surface area is 186 Å². The highest BCUT2D eigenvalue weighted by Crippen LogP contribution is 2.19. The van der Waals surface area contributed by atoms with Gasteiger partial charge in [0.15, 0.2) is 5.96 Å². The molecule has 0 amide bonds. The van der Waals surface area contributed by atoms with Crippen LogP contribution in [0.15, 0.2) is 41.9 Å². The molecule has 1 aromatic rings. The van der Waals surface area contributed by atoms with Crippen molar-refractivity contribution >= 4 is 29.9 Å². The van der Waals surface area contributed by atoms with E-state index in [1.54, 1.807) is 13.2 Å². The Bertz CT molecular complexity index is 598. The predicted molar refractivity (Wildman–Crippen MR) is 127 cm³/mol. The summed E-state index contributed by atoms with van der Waals surface area (Å²) in [5.41, 5.74) is 1.07. The Morgan fingerprint density at radius 2 is 2.18 bits per heavy atom. The number of aliphatic imine (C=N–C) groups is 1. The second-order valence-corrected chi connectivity index (χ2v) is 6.61. The zero-order valence-electron chi connectivity index (χ0n) is 17.2. The fourth-order valence-electron chi connectivity index (χ4n) is 3.27. The quantitative estimate of drug-likeness (QED) is 0.211. The topological polar surface area (TPSA) is 58.1 Å². The summed E-state index contributed by atoms with van der Waals surface area (Å²) in [4.78, 5) is 7.24. The molecule has 6 nitrogen and oxygen atoms in total. The minimum Gasteiger partial charge on any atom is -0.489 e. The SMILES string of the molecule is C=CCOc1ccccc1CN=C(NCC)NCC1CCCN1CCOC.I. The van der Waals surface area contributed by atoms with Crippen LogP contribution in [0.25, 0.3) is 0 Å². The van der Waals surface area contributed by atoms with E-state index in [2.05, 4.69) is 35.1 Å². The fraction of sp³-hybridized carbons (Fsp3) is 0.571. The van der Waals surface area contributed by atoms with Crippen LogP contribution in [0, 0.1) is 0 Å². The molecule has 1 aliphatic heterocycles. The molecule has 1 fully saturated rings. The lowest BCUT2D eigenvalue weighted by atomic mass is 10.2. The van der Waals surface area contributed by atoms with Gasteiger partial charge in [-0.2, -0.15) is 0 Å². The highest BCUT2D eigenvalue weighted by atomic mass is 127. The van der Waals surface area contributed by atoms with Crippen LogP contribution in [-0.2, 0) is 11.3 Å². The van der Waals surface area contributed by atoms with E-state index >= 15 is 0 Å². The van der Waals surface area contributed by atoms with E-state index in [0.29, 0.717) is 19.2 Å². The third kappa shape index (κ3) is 8.36. The van der Waals surface area contributed by atoms with E-state index < -0.39 is 0 Å². The van der Waals surface area contributed by atoms with Crippen molar-refractivity contribution < 1.29 is 9.47 Å². The minimum atomic E-state index is 0. The molecule has 0 aliphatic carbocycles. The van der Waals surface area contributed by atoms with Crippen molar-refractivity contribution in [3.63, 3.8) is 0 Å². The summed E-state index contributed by atoms with van der Waals surface area (Å²) in [6.45, 7) is 11.5. The normalized spacial score (nSPS) is 17.1. The van der Waals surface area contributed by atoms with Gasteiger partial charge in [0.25, 0.3) is 0 Å². The number of rotatable bonds is 11. The average Bonchev–Trinajstić information content (AvgIpc) is 3.14. The van der Waals surface area contributed by atoms with Crippen molar-refractivity contribution in [3.8, 4) is 5.75 Å². The second-order valence-electron chi connectivity index (χ2n) is 6.61. The van der Waals surface area contributed by atoms with Crippen molar-refractivity contribution in [1.82, 2.24) is 15.5 Å². The first-order valence-electron chi connectivity index (χ1n) is 9.85. The number of hydrogen-bond donors (Lipinski definition) is 2. The van der Waals surface area contributed by atoms with Crippen molar-refractivity contribution in [2.75, 3.05) is 46.5 Å². The smallest absolute Gasteiger partial charge is 0.191 e. The summed E-state index contributed by atoms with van der Waals surface area (Å²) in [5, 5.41) is 6.84. The van der Waals surface area contributed by atoms with E-state index in [-0.39, 0.29) is 24.0 Å². The molecule has 2 rings (SSSR count). The molecule has 1 aliphatic rings. The Kier molecular flexibility index (Phi) is 12.9. The number of nitrogens with one attached hydrogen (secondary N) is 2. The van der Waals surface area contributed by atoms with Crippen LogP contribution in [0.4, 0.5) is 0 Å². The van der Waals surface area contributed by atoms with Gasteiger partial charge in [0, 0.05) is 38.3 Å². The molecule has 1 atom stereocenters. The second kappa shape index (κ2) is 14.6. The molecule has 1 heterocycles. The average molecular weight is 502 g/mol. The third-order valence-corrected chi connectivity index (χ3v) is 4.67. The first-order valence-corrected chi connectivity index (χ1v) is 9.85. The number of nitrogens with zero attached hydrogens (tertiary/aromatic N) is 2. The van der Waals surface area contributed by atoms with Gasteiger partial charge in [-0.25, -0.2) is 4.99 Å². The summed E-state index contributed by atoms with van der Waals surface area (Å²) in [5.74, 6) is 1.70. The molecule has 0 saturated carbocycles. The number of halogens is 1. The maximum absolute atomic E-state index is 5.72. The summed E-state index contributed by atoms with van der Waals surface area (Å²) >= 11 is 0. The summed E-state index contributed by atoms with van der Waals surface area (Å²) < 4.78 is 11.0. The number of hydrogen-bond acceptors (Lipinski definition) is 4. The fourth-order valence-corrected chi connectivity index (χ4v) is 3.27. The highest BCUT2D eigenvalue weighted by Gasteiger charge is 2.23. The van der Waals surface area contributed by atoms with Gasteiger partial charge in [-0.15, -0.1) is 24.0 Å². The number of benzene rings is 1. The van der Waals surface area contributed by atoms with E-state index in [1.807, 2.05) is 18.2 Å². The van der Waals surface area contributed by atoms with E-state index in [1.165, 1.54) is 12.8 Å². The summed E-state index contributed by atoms with van der Waals surface area (Å²) in [7, 11) is 1.76. The van der Waals surface area contributed by atoms with E-state index in [4.69, 9.17) is 14.5 Å². The number of likely N-dealkylation sites (tertiary alicyclic amines) is 1. The molecule has 158 valence electrons. The van der Waals surface area contributed by atoms with Crippen LogP contribution in [0.3, 0.4) is 0 Å². The molecule has 0 bridgehead atoms. The van der Waals surface area contributed by atoms with Gasteiger partial charge >= 0.3 is 0 Å². The maximum Gasteiger partial charge on any atom is 0.191 e. The monoisotopic (exact) mass is 502 g/mol. The predicted octanol–water partition coefficient (Wildman–Crippen LogP) is 3.04. The molecule has 28 heavy (non-hydrogen) atoms. The van der Waals surface area contributed by atoms with Crippen LogP contribution < -0.4 is 15.4 Å². The Morgan fingerprint density at radius 1 is 1.36 bits per heavy atom. The van der Waals surface area contributed by atoms with Gasteiger partial charge in [-0.3, -0.25) is 4.90 Å². The zero-order chi connectivity index (χ0) is 19.3. The number of methoxy groups -OCH3 is 1. The van der Waals surface area contributed by atoms with Crippen molar-refractivity contribution in [2.45, 2.75) is 32.4 Å². The maximum atomic E-state index is 5.72. The van der Waals surface area contributed by atoms with E-state index in [9.17, 15) is 0 Å². The minimum absolute atomic E-state index is 0. The summed E-state index contributed by atoms with van der Waals surface area (Å²) in [6, 6.07) is 8.55. The lowest BCUT2D eigenvalue weighted by Crippen LogP contribution is -2.45. The van der Waals surface area contributed by atoms with Gasteiger partial charge in [0.05, 0.1) is 13.2 Å². The Balaban J connectivity index is 0.00000392. The molecule has 0 aromatic heterocycles. The Morgan fingerprint density at radius 3 is 2.93 bits per heavy atom. The van der Waals surface area contributed by atoms with Gasteiger partial charge in [0.2, 0.25) is 0 Å². The molecule has 2 N–H and O–H groups in total. The van der Waals surface area contributed by atoms with Crippen LogP contribution in [0.2, 0.25) is 0 Å². The van der Waals surface area contributed by atoms with Crippen molar-refractivity contribution in [1.29, 1.82) is 0 Å². The highest BCUT2D eigenvalue weighted by molar-refractivity contribution is 14.0. The van der Waals surface area contributed by atoms with Crippen molar-refractivity contribution in [2.24, 2.45) is 4.99 Å². The lowest BCUT2D eigenvalue weighted by molar-refractivity contribution is 0.141. The van der Waals surface area contributed by atoms with Crippen LogP contribution in [0.5, 0.6) is 5.75 Å². The van der Waals surface area contributed by atoms with Crippen molar-refractivity contribution in [3.05, 3.63) is 42.5 Å². The molecular formula is C21H35IN4O2. The van der Waals surface area contributed by atoms with Crippen LogP contribution in [0.1, 0.15) is 25.3 Å².